The number of likely N-dealkylation sites (N-methyl/N-ethyl adjacent to an activating group) is 1. The fourth-order valence-corrected chi connectivity index (χ4v) is 1.80. The largest absolute Gasteiger partial charge is 0.411 e. The van der Waals surface area contributed by atoms with E-state index in [1.165, 1.54) is 0 Å². The first kappa shape index (κ1) is 16.0. The molecule has 0 saturated carbocycles. The van der Waals surface area contributed by atoms with E-state index in [1.54, 1.807) is 13.2 Å². The third-order valence-corrected chi connectivity index (χ3v) is 2.86. The minimum absolute atomic E-state index is 0.0564. The molecule has 0 aromatic carbocycles. The van der Waals surface area contributed by atoms with Gasteiger partial charge in [0.25, 0.3) is 0 Å². The van der Waals surface area contributed by atoms with Crippen LogP contribution in [0.4, 0.5) is 13.2 Å². The molecule has 0 fully saturated rings. The Balaban J connectivity index is 2.34. The standard InChI is InChI=1S/C12H20F3N3O/c1-3-18-6-5-17-11(18)8-10(16-2)4-7-19-9-12(13,14)15/h5-6,10,16H,3-4,7-9H2,1-2H3. The Bertz CT molecular complexity index is 365. The summed E-state index contributed by atoms with van der Waals surface area (Å²) in [4.78, 5) is 4.24. The van der Waals surface area contributed by atoms with Gasteiger partial charge >= 0.3 is 6.18 Å². The van der Waals surface area contributed by atoms with Crippen molar-refractivity contribution in [3.05, 3.63) is 18.2 Å². The topological polar surface area (TPSA) is 39.1 Å². The summed E-state index contributed by atoms with van der Waals surface area (Å²) in [5, 5.41) is 3.07. The second kappa shape index (κ2) is 7.49. The van der Waals surface area contributed by atoms with Crippen LogP contribution in [0.5, 0.6) is 0 Å². The molecule has 110 valence electrons. The van der Waals surface area contributed by atoms with Crippen molar-refractivity contribution in [2.24, 2.45) is 0 Å². The second-order valence-electron chi connectivity index (χ2n) is 4.28. The van der Waals surface area contributed by atoms with E-state index in [9.17, 15) is 13.2 Å². The van der Waals surface area contributed by atoms with Crippen LogP contribution in [-0.4, -0.2) is 42.0 Å². The highest BCUT2D eigenvalue weighted by Crippen LogP contribution is 2.14. The molecule has 0 radical (unpaired) electrons. The number of aryl methyl sites for hydroxylation is 1. The van der Waals surface area contributed by atoms with Crippen LogP contribution in [0.3, 0.4) is 0 Å². The molecule has 0 spiro atoms. The third kappa shape index (κ3) is 6.07. The van der Waals surface area contributed by atoms with Gasteiger partial charge in [0, 0.05) is 38.0 Å². The van der Waals surface area contributed by atoms with E-state index < -0.39 is 12.8 Å². The maximum Gasteiger partial charge on any atom is 0.411 e. The zero-order valence-electron chi connectivity index (χ0n) is 11.2. The van der Waals surface area contributed by atoms with Gasteiger partial charge in [-0.3, -0.25) is 0 Å². The lowest BCUT2D eigenvalue weighted by Crippen LogP contribution is -2.31. The predicted molar refractivity (Wildman–Crippen MR) is 65.9 cm³/mol. The molecular formula is C12H20F3N3O. The van der Waals surface area contributed by atoms with Gasteiger partial charge in [0.15, 0.2) is 0 Å². The van der Waals surface area contributed by atoms with Gasteiger partial charge in [-0.1, -0.05) is 0 Å². The number of halogens is 3. The van der Waals surface area contributed by atoms with Crippen molar-refractivity contribution >= 4 is 0 Å². The van der Waals surface area contributed by atoms with E-state index in [0.29, 0.717) is 12.8 Å². The Kier molecular flexibility index (Phi) is 6.30. The Morgan fingerprint density at radius 2 is 2.21 bits per heavy atom. The maximum atomic E-state index is 11.9. The summed E-state index contributed by atoms with van der Waals surface area (Å²) >= 11 is 0. The normalized spacial score (nSPS) is 13.7. The van der Waals surface area contributed by atoms with Crippen LogP contribution in [0.2, 0.25) is 0 Å². The number of hydrogen-bond acceptors (Lipinski definition) is 3. The van der Waals surface area contributed by atoms with Gasteiger partial charge < -0.3 is 14.6 Å². The number of rotatable bonds is 8. The predicted octanol–water partition coefficient (Wildman–Crippen LogP) is 2.00. The fraction of sp³-hybridized carbons (Fsp3) is 0.750. The maximum absolute atomic E-state index is 11.9. The fourth-order valence-electron chi connectivity index (χ4n) is 1.80. The average Bonchev–Trinajstić information content (AvgIpc) is 2.78. The molecule has 0 amide bonds. The van der Waals surface area contributed by atoms with E-state index in [2.05, 4.69) is 15.0 Å². The molecule has 1 atom stereocenters. The first-order valence-corrected chi connectivity index (χ1v) is 6.28. The van der Waals surface area contributed by atoms with Crippen molar-refractivity contribution < 1.29 is 17.9 Å². The highest BCUT2D eigenvalue weighted by atomic mass is 19.4. The van der Waals surface area contributed by atoms with Gasteiger partial charge in [0.2, 0.25) is 0 Å². The smallest absolute Gasteiger partial charge is 0.372 e. The first-order chi connectivity index (χ1) is 8.96. The van der Waals surface area contributed by atoms with Gasteiger partial charge in [-0.05, 0) is 20.4 Å². The Morgan fingerprint density at radius 3 is 2.79 bits per heavy atom. The molecule has 19 heavy (non-hydrogen) atoms. The highest BCUT2D eigenvalue weighted by Gasteiger charge is 2.27. The van der Waals surface area contributed by atoms with Crippen LogP contribution in [0, 0.1) is 0 Å². The monoisotopic (exact) mass is 279 g/mol. The molecule has 1 heterocycles. The van der Waals surface area contributed by atoms with E-state index in [4.69, 9.17) is 0 Å². The van der Waals surface area contributed by atoms with Crippen LogP contribution >= 0.6 is 0 Å². The van der Waals surface area contributed by atoms with Crippen molar-refractivity contribution in [2.45, 2.75) is 38.5 Å². The Morgan fingerprint density at radius 1 is 1.47 bits per heavy atom. The Hall–Kier alpha value is -1.08. The zero-order valence-corrected chi connectivity index (χ0v) is 11.2. The number of hydrogen-bond donors (Lipinski definition) is 1. The zero-order chi connectivity index (χ0) is 14.3. The van der Waals surface area contributed by atoms with Crippen molar-refractivity contribution in [1.29, 1.82) is 0 Å². The van der Waals surface area contributed by atoms with Gasteiger partial charge in [-0.2, -0.15) is 13.2 Å². The van der Waals surface area contributed by atoms with Crippen molar-refractivity contribution in [2.75, 3.05) is 20.3 Å². The molecule has 0 aliphatic heterocycles. The second-order valence-corrected chi connectivity index (χ2v) is 4.28. The number of alkyl halides is 3. The molecular weight excluding hydrogens is 259 g/mol. The molecule has 1 unspecified atom stereocenters. The molecule has 1 rings (SSSR count). The van der Waals surface area contributed by atoms with Crippen LogP contribution < -0.4 is 5.32 Å². The minimum Gasteiger partial charge on any atom is -0.372 e. The summed E-state index contributed by atoms with van der Waals surface area (Å²) in [5.41, 5.74) is 0. The number of imidazole rings is 1. The summed E-state index contributed by atoms with van der Waals surface area (Å²) < 4.78 is 42.4. The number of ether oxygens (including phenoxy) is 1. The number of nitrogens with zero attached hydrogens (tertiary/aromatic N) is 2. The molecule has 4 nitrogen and oxygen atoms in total. The van der Waals surface area contributed by atoms with E-state index in [1.807, 2.05) is 17.7 Å². The highest BCUT2D eigenvalue weighted by molar-refractivity contribution is 4.95. The van der Waals surface area contributed by atoms with Crippen LogP contribution in [0.1, 0.15) is 19.2 Å². The first-order valence-electron chi connectivity index (χ1n) is 6.28. The molecule has 0 saturated heterocycles. The molecule has 0 aliphatic rings. The third-order valence-electron chi connectivity index (χ3n) is 2.86. The summed E-state index contributed by atoms with van der Waals surface area (Å²) in [7, 11) is 1.79. The average molecular weight is 279 g/mol. The van der Waals surface area contributed by atoms with Gasteiger partial charge in [0.1, 0.15) is 12.4 Å². The van der Waals surface area contributed by atoms with Crippen molar-refractivity contribution in [3.63, 3.8) is 0 Å². The molecule has 1 aromatic heterocycles. The van der Waals surface area contributed by atoms with Crippen LogP contribution in [0.25, 0.3) is 0 Å². The van der Waals surface area contributed by atoms with E-state index >= 15 is 0 Å². The van der Waals surface area contributed by atoms with Crippen molar-refractivity contribution in [3.8, 4) is 0 Å². The molecule has 0 aliphatic carbocycles. The van der Waals surface area contributed by atoms with Gasteiger partial charge in [-0.15, -0.1) is 0 Å². The van der Waals surface area contributed by atoms with E-state index in [-0.39, 0.29) is 12.6 Å². The summed E-state index contributed by atoms with van der Waals surface area (Å²) in [5.74, 6) is 0.928. The van der Waals surface area contributed by atoms with Gasteiger partial charge in [-0.25, -0.2) is 4.98 Å². The quantitative estimate of drug-likeness (QED) is 0.740. The van der Waals surface area contributed by atoms with Crippen molar-refractivity contribution in [1.82, 2.24) is 14.9 Å². The molecule has 0 bridgehead atoms. The lowest BCUT2D eigenvalue weighted by Gasteiger charge is -2.17. The molecule has 1 N–H and O–H groups in total. The SMILES string of the molecule is CCn1ccnc1CC(CCOCC(F)(F)F)NC. The van der Waals surface area contributed by atoms with Crippen LogP contribution in [-0.2, 0) is 17.7 Å². The van der Waals surface area contributed by atoms with Crippen LogP contribution in [0.15, 0.2) is 12.4 Å². The summed E-state index contributed by atoms with van der Waals surface area (Å²) in [6, 6.07) is 0.0564. The summed E-state index contributed by atoms with van der Waals surface area (Å²) in [6.07, 6.45) is 0.553. The number of aromatic nitrogens is 2. The Labute approximate surface area is 111 Å². The molecule has 7 heteroatoms. The minimum atomic E-state index is -4.26. The number of nitrogens with one attached hydrogen (secondary N) is 1. The summed E-state index contributed by atoms with van der Waals surface area (Å²) in [6.45, 7) is 1.74. The lowest BCUT2D eigenvalue weighted by molar-refractivity contribution is -0.174. The van der Waals surface area contributed by atoms with E-state index in [0.717, 1.165) is 12.4 Å². The lowest BCUT2D eigenvalue weighted by atomic mass is 10.1. The van der Waals surface area contributed by atoms with Gasteiger partial charge in [0.05, 0.1) is 0 Å². The molecule has 1 aromatic rings.